The van der Waals surface area contributed by atoms with Gasteiger partial charge in [0.05, 0.1) is 7.11 Å². The number of likely N-dealkylation sites (N-methyl/N-ethyl adjacent to an activating group) is 1. The van der Waals surface area contributed by atoms with E-state index in [-0.39, 0.29) is 0 Å². The Labute approximate surface area is 92.0 Å². The SMILES string of the molecule is CNCC=Cc1cc(C)c(OC)cc1C. The molecule has 1 rings (SSSR count). The van der Waals surface area contributed by atoms with Crippen molar-refractivity contribution >= 4 is 6.08 Å². The van der Waals surface area contributed by atoms with E-state index >= 15 is 0 Å². The minimum Gasteiger partial charge on any atom is -0.496 e. The maximum atomic E-state index is 5.27. The first-order valence-corrected chi connectivity index (χ1v) is 5.15. The van der Waals surface area contributed by atoms with Crippen LogP contribution >= 0.6 is 0 Å². The highest BCUT2D eigenvalue weighted by atomic mass is 16.5. The van der Waals surface area contributed by atoms with E-state index in [1.165, 1.54) is 16.7 Å². The van der Waals surface area contributed by atoms with Crippen molar-refractivity contribution in [3.05, 3.63) is 34.9 Å². The van der Waals surface area contributed by atoms with Gasteiger partial charge in [0.15, 0.2) is 0 Å². The second kappa shape index (κ2) is 5.56. The second-order valence-corrected chi connectivity index (χ2v) is 3.64. The van der Waals surface area contributed by atoms with E-state index in [0.717, 1.165) is 12.3 Å². The zero-order valence-electron chi connectivity index (χ0n) is 9.92. The van der Waals surface area contributed by atoms with Crippen LogP contribution in [0.15, 0.2) is 18.2 Å². The predicted molar refractivity (Wildman–Crippen MR) is 65.4 cm³/mol. The average molecular weight is 205 g/mol. The molecule has 1 aromatic rings. The number of ether oxygens (including phenoxy) is 1. The van der Waals surface area contributed by atoms with Gasteiger partial charge >= 0.3 is 0 Å². The van der Waals surface area contributed by atoms with Crippen molar-refractivity contribution in [2.45, 2.75) is 13.8 Å². The Morgan fingerprint density at radius 3 is 2.60 bits per heavy atom. The topological polar surface area (TPSA) is 21.3 Å². The molecule has 0 fully saturated rings. The molecule has 0 saturated carbocycles. The molecular formula is C13H19NO. The summed E-state index contributed by atoms with van der Waals surface area (Å²) in [5, 5.41) is 3.08. The van der Waals surface area contributed by atoms with E-state index in [1.54, 1.807) is 7.11 Å². The summed E-state index contributed by atoms with van der Waals surface area (Å²) in [6, 6.07) is 4.23. The largest absolute Gasteiger partial charge is 0.496 e. The van der Waals surface area contributed by atoms with Crippen molar-refractivity contribution in [1.29, 1.82) is 0 Å². The molecule has 0 saturated heterocycles. The number of rotatable bonds is 4. The summed E-state index contributed by atoms with van der Waals surface area (Å²) in [4.78, 5) is 0. The van der Waals surface area contributed by atoms with Gasteiger partial charge in [-0.1, -0.05) is 12.2 Å². The van der Waals surface area contributed by atoms with Gasteiger partial charge in [-0.2, -0.15) is 0 Å². The number of benzene rings is 1. The van der Waals surface area contributed by atoms with E-state index in [4.69, 9.17) is 4.74 Å². The lowest BCUT2D eigenvalue weighted by atomic mass is 10.0. The standard InChI is InChI=1S/C13H19NO/c1-10-9-13(15-4)11(2)8-12(10)6-5-7-14-3/h5-6,8-9,14H,7H2,1-4H3. The van der Waals surface area contributed by atoms with Gasteiger partial charge in [-0.05, 0) is 49.7 Å². The lowest BCUT2D eigenvalue weighted by Crippen LogP contribution is -2.03. The van der Waals surface area contributed by atoms with Gasteiger partial charge < -0.3 is 10.1 Å². The Kier molecular flexibility index (Phi) is 4.37. The summed E-state index contributed by atoms with van der Waals surface area (Å²) in [5.74, 6) is 0.957. The van der Waals surface area contributed by atoms with Crippen LogP contribution in [0.3, 0.4) is 0 Å². The van der Waals surface area contributed by atoms with Crippen molar-refractivity contribution in [1.82, 2.24) is 5.32 Å². The van der Waals surface area contributed by atoms with Gasteiger partial charge in [-0.15, -0.1) is 0 Å². The highest BCUT2D eigenvalue weighted by Crippen LogP contribution is 2.23. The third kappa shape index (κ3) is 3.10. The van der Waals surface area contributed by atoms with Crippen LogP contribution in [0.5, 0.6) is 5.75 Å². The molecule has 0 atom stereocenters. The van der Waals surface area contributed by atoms with Crippen LogP contribution in [0.2, 0.25) is 0 Å². The summed E-state index contributed by atoms with van der Waals surface area (Å²) >= 11 is 0. The maximum Gasteiger partial charge on any atom is 0.122 e. The molecule has 0 amide bonds. The monoisotopic (exact) mass is 205 g/mol. The van der Waals surface area contributed by atoms with Crippen LogP contribution in [0.4, 0.5) is 0 Å². The molecule has 0 unspecified atom stereocenters. The third-order valence-electron chi connectivity index (χ3n) is 2.40. The van der Waals surface area contributed by atoms with Crippen LogP contribution in [0, 0.1) is 13.8 Å². The number of methoxy groups -OCH3 is 1. The zero-order valence-corrected chi connectivity index (χ0v) is 9.92. The van der Waals surface area contributed by atoms with Gasteiger partial charge in [0.25, 0.3) is 0 Å². The van der Waals surface area contributed by atoms with Crippen molar-refractivity contribution in [2.24, 2.45) is 0 Å². The fourth-order valence-corrected chi connectivity index (χ4v) is 1.52. The molecule has 0 heterocycles. The molecule has 0 aliphatic heterocycles. The second-order valence-electron chi connectivity index (χ2n) is 3.64. The summed E-state index contributed by atoms with van der Waals surface area (Å²) in [5.41, 5.74) is 3.67. The normalized spacial score (nSPS) is 10.9. The summed E-state index contributed by atoms with van der Waals surface area (Å²) in [7, 11) is 3.65. The molecule has 0 aliphatic carbocycles. The molecular weight excluding hydrogens is 186 g/mol. The predicted octanol–water partition coefficient (Wildman–Crippen LogP) is 2.54. The smallest absolute Gasteiger partial charge is 0.122 e. The van der Waals surface area contributed by atoms with Crippen molar-refractivity contribution in [3.8, 4) is 5.75 Å². The van der Waals surface area contributed by atoms with Gasteiger partial charge in [0.1, 0.15) is 5.75 Å². The average Bonchev–Trinajstić information content (AvgIpc) is 2.23. The minimum absolute atomic E-state index is 0.893. The van der Waals surface area contributed by atoms with E-state index in [2.05, 4.69) is 43.4 Å². The van der Waals surface area contributed by atoms with E-state index in [0.29, 0.717) is 0 Å². The van der Waals surface area contributed by atoms with E-state index in [9.17, 15) is 0 Å². The van der Waals surface area contributed by atoms with Gasteiger partial charge in [-0.3, -0.25) is 0 Å². The van der Waals surface area contributed by atoms with E-state index in [1.807, 2.05) is 7.05 Å². The molecule has 2 nitrogen and oxygen atoms in total. The van der Waals surface area contributed by atoms with Crippen molar-refractivity contribution in [3.63, 3.8) is 0 Å². The molecule has 0 aliphatic rings. The molecule has 82 valence electrons. The molecule has 0 radical (unpaired) electrons. The van der Waals surface area contributed by atoms with Crippen LogP contribution in [0.1, 0.15) is 16.7 Å². The van der Waals surface area contributed by atoms with Crippen molar-refractivity contribution in [2.75, 3.05) is 20.7 Å². The fraction of sp³-hybridized carbons (Fsp3) is 0.385. The Bertz CT molecular complexity index is 356. The first-order chi connectivity index (χ1) is 7.19. The van der Waals surface area contributed by atoms with E-state index < -0.39 is 0 Å². The lowest BCUT2D eigenvalue weighted by molar-refractivity contribution is 0.411. The maximum absolute atomic E-state index is 5.27. The van der Waals surface area contributed by atoms with Crippen LogP contribution in [0.25, 0.3) is 6.08 Å². The quantitative estimate of drug-likeness (QED) is 0.815. The minimum atomic E-state index is 0.893. The molecule has 0 aromatic heterocycles. The molecule has 2 heteroatoms. The molecule has 1 N–H and O–H groups in total. The summed E-state index contributed by atoms with van der Waals surface area (Å²) in [6.45, 7) is 5.05. The van der Waals surface area contributed by atoms with Crippen LogP contribution in [-0.2, 0) is 0 Å². The molecule has 1 aromatic carbocycles. The first kappa shape index (κ1) is 11.8. The zero-order chi connectivity index (χ0) is 11.3. The Morgan fingerprint density at radius 2 is 2.00 bits per heavy atom. The van der Waals surface area contributed by atoms with Gasteiger partial charge in [0.2, 0.25) is 0 Å². The van der Waals surface area contributed by atoms with Gasteiger partial charge in [0, 0.05) is 6.54 Å². The van der Waals surface area contributed by atoms with Crippen LogP contribution < -0.4 is 10.1 Å². The molecule has 0 bridgehead atoms. The lowest BCUT2D eigenvalue weighted by Gasteiger charge is -2.08. The Morgan fingerprint density at radius 1 is 1.27 bits per heavy atom. The fourth-order valence-electron chi connectivity index (χ4n) is 1.52. The summed E-state index contributed by atoms with van der Waals surface area (Å²) < 4.78 is 5.27. The highest BCUT2D eigenvalue weighted by molar-refractivity contribution is 5.57. The van der Waals surface area contributed by atoms with Crippen LogP contribution in [-0.4, -0.2) is 20.7 Å². The molecule has 15 heavy (non-hydrogen) atoms. The number of hydrogen-bond donors (Lipinski definition) is 1. The number of hydrogen-bond acceptors (Lipinski definition) is 2. The first-order valence-electron chi connectivity index (χ1n) is 5.15. The third-order valence-corrected chi connectivity index (χ3v) is 2.40. The Balaban J connectivity index is 2.95. The van der Waals surface area contributed by atoms with Crippen molar-refractivity contribution < 1.29 is 4.74 Å². The highest BCUT2D eigenvalue weighted by Gasteiger charge is 2.01. The molecule has 0 spiro atoms. The Hall–Kier alpha value is -1.28. The summed E-state index contributed by atoms with van der Waals surface area (Å²) in [6.07, 6.45) is 4.26. The number of nitrogens with one attached hydrogen (secondary N) is 1. The van der Waals surface area contributed by atoms with Gasteiger partial charge in [-0.25, -0.2) is 0 Å². The number of aryl methyl sites for hydroxylation is 2.